The van der Waals surface area contributed by atoms with E-state index in [1.165, 1.54) is 109 Å². The number of carbonyl (C=O) groups excluding carboxylic acids is 1. The largest absolute Gasteiger partial charge is 0.494 e. The number of nitrogens with zero attached hydrogens (tertiary/aromatic N) is 2. The van der Waals surface area contributed by atoms with Crippen molar-refractivity contribution in [2.75, 3.05) is 0 Å². The molecular formula is C26H44N2O2. The minimum Gasteiger partial charge on any atom is -0.494 e. The zero-order valence-corrected chi connectivity index (χ0v) is 19.5. The third kappa shape index (κ3) is 8.28. The van der Waals surface area contributed by atoms with Crippen molar-refractivity contribution < 1.29 is 9.90 Å². The van der Waals surface area contributed by atoms with Gasteiger partial charge in [0.25, 0.3) is 5.91 Å². The van der Waals surface area contributed by atoms with Crippen LogP contribution in [0.5, 0.6) is 5.88 Å². The number of aromatic nitrogens is 1. The number of hydrogen-bond donors (Lipinski definition) is 1. The summed E-state index contributed by atoms with van der Waals surface area (Å²) in [7, 11) is 0. The fourth-order valence-electron chi connectivity index (χ4n) is 4.58. The molecule has 2 heterocycles. The van der Waals surface area contributed by atoms with Crippen molar-refractivity contribution in [2.45, 2.75) is 123 Å². The minimum atomic E-state index is -0.227. The molecule has 2 rings (SSSR count). The molecule has 1 aliphatic heterocycles. The van der Waals surface area contributed by atoms with E-state index in [1.807, 2.05) is 10.8 Å². The van der Waals surface area contributed by atoms with Gasteiger partial charge in [-0.25, -0.2) is 4.99 Å². The van der Waals surface area contributed by atoms with E-state index in [9.17, 15) is 9.90 Å². The maximum Gasteiger partial charge on any atom is 0.279 e. The molecule has 1 N–H and O–H groups in total. The van der Waals surface area contributed by atoms with Crippen LogP contribution in [0.1, 0.15) is 133 Å². The number of aromatic hydroxyl groups is 1. The smallest absolute Gasteiger partial charge is 0.279 e. The molecule has 0 spiro atoms. The van der Waals surface area contributed by atoms with E-state index in [0.29, 0.717) is 17.0 Å². The molecule has 1 unspecified atom stereocenters. The van der Waals surface area contributed by atoms with Gasteiger partial charge in [-0.15, -0.1) is 0 Å². The van der Waals surface area contributed by atoms with Crippen LogP contribution >= 0.6 is 0 Å². The molecule has 1 amide bonds. The Morgan fingerprint density at radius 3 is 1.83 bits per heavy atom. The predicted molar refractivity (Wildman–Crippen MR) is 127 cm³/mol. The number of rotatable bonds is 18. The van der Waals surface area contributed by atoms with Gasteiger partial charge in [-0.3, -0.25) is 4.79 Å². The van der Waals surface area contributed by atoms with Crippen molar-refractivity contribution in [3.63, 3.8) is 0 Å². The lowest BCUT2D eigenvalue weighted by Crippen LogP contribution is -2.11. The lowest BCUT2D eigenvalue weighted by atomic mass is 9.94. The number of fused-ring (bicyclic) bond motifs is 1. The molecular weight excluding hydrogens is 372 g/mol. The molecule has 30 heavy (non-hydrogen) atoms. The molecule has 1 aromatic heterocycles. The average Bonchev–Trinajstić information content (AvgIpc) is 3.26. The van der Waals surface area contributed by atoms with Crippen LogP contribution in [-0.4, -0.2) is 21.8 Å². The van der Waals surface area contributed by atoms with Gasteiger partial charge >= 0.3 is 0 Å². The van der Waals surface area contributed by atoms with E-state index < -0.39 is 0 Å². The van der Waals surface area contributed by atoms with E-state index in [4.69, 9.17) is 0 Å². The number of amides is 1. The van der Waals surface area contributed by atoms with E-state index in [-0.39, 0.29) is 11.8 Å². The van der Waals surface area contributed by atoms with Crippen molar-refractivity contribution in [3.05, 3.63) is 17.3 Å². The first kappa shape index (κ1) is 24.7. The molecule has 1 aliphatic rings. The Labute approximate surface area is 184 Å². The van der Waals surface area contributed by atoms with Gasteiger partial charge in [0.05, 0.1) is 11.1 Å². The predicted octanol–water partition coefficient (Wildman–Crippen LogP) is 7.66. The lowest BCUT2D eigenvalue weighted by Gasteiger charge is -2.18. The first-order valence-electron chi connectivity index (χ1n) is 12.7. The van der Waals surface area contributed by atoms with Crippen LogP contribution in [0.3, 0.4) is 0 Å². The Hall–Kier alpha value is -1.58. The summed E-state index contributed by atoms with van der Waals surface area (Å²) in [6.45, 7) is 5.34. The molecule has 1 aromatic rings. The zero-order chi connectivity index (χ0) is 21.6. The summed E-state index contributed by atoms with van der Waals surface area (Å²) in [5, 5.41) is 10.5. The summed E-state index contributed by atoms with van der Waals surface area (Å²) >= 11 is 0. The summed E-state index contributed by atoms with van der Waals surface area (Å²) in [4.78, 5) is 15.6. The molecule has 0 bridgehead atoms. The van der Waals surface area contributed by atoms with Crippen LogP contribution in [0.15, 0.2) is 11.2 Å². The Morgan fingerprint density at radius 2 is 1.33 bits per heavy atom. The van der Waals surface area contributed by atoms with Crippen LogP contribution < -0.4 is 0 Å². The number of carbonyl (C=O) groups is 1. The second kappa shape index (κ2) is 14.4. The highest BCUT2D eigenvalue weighted by Gasteiger charge is 2.24. The number of unbranched alkanes of at least 4 members (excludes halogenated alkanes) is 12. The van der Waals surface area contributed by atoms with Crippen molar-refractivity contribution in [1.29, 1.82) is 0 Å². The molecule has 0 saturated heterocycles. The summed E-state index contributed by atoms with van der Waals surface area (Å²) in [5.41, 5.74) is 1.16. The maximum atomic E-state index is 11.8. The van der Waals surface area contributed by atoms with E-state index in [2.05, 4.69) is 18.8 Å². The Balaban J connectivity index is 1.78. The van der Waals surface area contributed by atoms with Crippen molar-refractivity contribution in [1.82, 2.24) is 4.57 Å². The third-order valence-corrected chi connectivity index (χ3v) is 6.52. The molecule has 4 heteroatoms. The molecule has 0 fully saturated rings. The molecule has 4 nitrogen and oxygen atoms in total. The van der Waals surface area contributed by atoms with Crippen LogP contribution in [-0.2, 0) is 6.54 Å². The van der Waals surface area contributed by atoms with E-state index in [0.717, 1.165) is 6.54 Å². The van der Waals surface area contributed by atoms with Gasteiger partial charge in [0.15, 0.2) is 0 Å². The molecule has 0 radical (unpaired) electrons. The van der Waals surface area contributed by atoms with Gasteiger partial charge < -0.3 is 9.67 Å². The highest BCUT2D eigenvalue weighted by Crippen LogP contribution is 2.29. The lowest BCUT2D eigenvalue weighted by molar-refractivity contribution is 0.101. The highest BCUT2D eigenvalue weighted by molar-refractivity contribution is 6.14. The Kier molecular flexibility index (Phi) is 11.9. The van der Waals surface area contributed by atoms with Crippen molar-refractivity contribution in [2.24, 2.45) is 10.9 Å². The van der Waals surface area contributed by atoms with Gasteiger partial charge in [0.1, 0.15) is 0 Å². The molecule has 0 aliphatic carbocycles. The van der Waals surface area contributed by atoms with Crippen LogP contribution in [0.25, 0.3) is 0 Å². The van der Waals surface area contributed by atoms with Gasteiger partial charge in [-0.05, 0) is 18.8 Å². The quantitative estimate of drug-likeness (QED) is 0.250. The first-order chi connectivity index (χ1) is 14.7. The molecule has 0 saturated carbocycles. The van der Waals surface area contributed by atoms with E-state index in [1.54, 1.807) is 0 Å². The number of aliphatic imine (C=N–C) groups is 1. The van der Waals surface area contributed by atoms with E-state index >= 15 is 0 Å². The van der Waals surface area contributed by atoms with Gasteiger partial charge in [-0.1, -0.05) is 104 Å². The third-order valence-electron chi connectivity index (χ3n) is 6.52. The maximum absolute atomic E-state index is 11.8. The Morgan fingerprint density at radius 1 is 0.833 bits per heavy atom. The highest BCUT2D eigenvalue weighted by atomic mass is 16.3. The van der Waals surface area contributed by atoms with Crippen LogP contribution in [0, 0.1) is 5.92 Å². The summed E-state index contributed by atoms with van der Waals surface area (Å²) in [5.74, 6) is 0.555. The minimum absolute atomic E-state index is 0.212. The average molecular weight is 417 g/mol. The van der Waals surface area contributed by atoms with Gasteiger partial charge in [0.2, 0.25) is 5.88 Å². The standard InChI is InChI=1S/C26H44N2O2/c1-3-5-7-9-11-12-14-16-18-22(17-15-13-10-8-6-4-2)20-28-21-24-23(26(28)30)19-27-25(24)29/h19,21-22,30H,3-18,20H2,1-2H3. The second-order valence-corrected chi connectivity index (χ2v) is 9.18. The van der Waals surface area contributed by atoms with Crippen molar-refractivity contribution >= 4 is 12.1 Å². The summed E-state index contributed by atoms with van der Waals surface area (Å²) < 4.78 is 1.89. The summed E-state index contributed by atoms with van der Waals surface area (Å²) in [6, 6.07) is 0. The zero-order valence-electron chi connectivity index (χ0n) is 19.5. The number of hydrogen-bond acceptors (Lipinski definition) is 2. The molecule has 1 atom stereocenters. The van der Waals surface area contributed by atoms with Crippen LogP contribution in [0.4, 0.5) is 0 Å². The fourth-order valence-corrected chi connectivity index (χ4v) is 4.58. The van der Waals surface area contributed by atoms with Gasteiger partial charge in [-0.2, -0.15) is 0 Å². The normalized spacial score (nSPS) is 13.9. The fraction of sp³-hybridized carbons (Fsp3) is 0.769. The summed E-state index contributed by atoms with van der Waals surface area (Å²) in [6.07, 6.45) is 24.4. The second-order valence-electron chi connectivity index (χ2n) is 9.18. The molecule has 0 aromatic carbocycles. The topological polar surface area (TPSA) is 54.6 Å². The Bertz CT molecular complexity index is 648. The molecule has 170 valence electrons. The van der Waals surface area contributed by atoms with Gasteiger partial charge in [0, 0.05) is 19.0 Å². The van der Waals surface area contributed by atoms with Crippen LogP contribution in [0.2, 0.25) is 0 Å². The first-order valence-corrected chi connectivity index (χ1v) is 12.7. The monoisotopic (exact) mass is 416 g/mol. The SMILES string of the molecule is CCCCCCCCCCC(CCCCCCCC)Cn1cc2c(c1O)C=NC2=O. The van der Waals surface area contributed by atoms with Crippen molar-refractivity contribution in [3.8, 4) is 5.88 Å².